The lowest BCUT2D eigenvalue weighted by molar-refractivity contribution is 0.0932. The first kappa shape index (κ1) is 15.6. The van der Waals surface area contributed by atoms with Gasteiger partial charge in [0.1, 0.15) is 11.4 Å². The Kier molecular flexibility index (Phi) is 4.65. The zero-order chi connectivity index (χ0) is 16.2. The third kappa shape index (κ3) is 3.92. The molecule has 1 aliphatic rings. The number of carbonyl (C=O) groups is 1. The van der Waals surface area contributed by atoms with Crippen LogP contribution in [-0.4, -0.2) is 22.2 Å². The third-order valence-corrected chi connectivity index (χ3v) is 4.33. The first-order valence-electron chi connectivity index (χ1n) is 8.13. The van der Waals surface area contributed by atoms with Gasteiger partial charge in [0.25, 0.3) is 5.91 Å². The molecule has 5 heteroatoms. The van der Waals surface area contributed by atoms with Crippen molar-refractivity contribution in [2.75, 3.05) is 6.54 Å². The largest absolute Gasteiger partial charge is 0.471 e. The number of hydrogen-bond acceptors (Lipinski definition) is 3. The Morgan fingerprint density at radius 1 is 1.35 bits per heavy atom. The van der Waals surface area contributed by atoms with E-state index in [1.807, 2.05) is 19.1 Å². The molecular formula is C18H23N3O2. The summed E-state index contributed by atoms with van der Waals surface area (Å²) in [4.78, 5) is 12.0. The van der Waals surface area contributed by atoms with Crippen LogP contribution in [0.15, 0.2) is 30.5 Å². The first-order valence-corrected chi connectivity index (χ1v) is 8.13. The predicted octanol–water partition coefficient (Wildman–Crippen LogP) is 3.07. The molecule has 1 aromatic heterocycles. The maximum absolute atomic E-state index is 12.0. The molecule has 0 bridgehead atoms. The van der Waals surface area contributed by atoms with Gasteiger partial charge in [-0.05, 0) is 50.3 Å². The quantitative estimate of drug-likeness (QED) is 0.891. The summed E-state index contributed by atoms with van der Waals surface area (Å²) in [7, 11) is 0. The molecule has 122 valence electrons. The third-order valence-electron chi connectivity index (χ3n) is 4.33. The lowest BCUT2D eigenvalue weighted by atomic mass is 9.85. The van der Waals surface area contributed by atoms with Crippen LogP contribution >= 0.6 is 0 Å². The average Bonchev–Trinajstić information content (AvgIpc) is 2.93. The van der Waals surface area contributed by atoms with Crippen molar-refractivity contribution in [2.24, 2.45) is 5.92 Å². The molecule has 1 saturated carbocycles. The number of benzene rings is 1. The van der Waals surface area contributed by atoms with Crippen molar-refractivity contribution in [3.05, 3.63) is 47.3 Å². The molecule has 1 amide bonds. The minimum absolute atomic E-state index is 0.109. The second-order valence-corrected chi connectivity index (χ2v) is 6.29. The lowest BCUT2D eigenvalue weighted by Gasteiger charge is -2.25. The smallest absolute Gasteiger partial charge is 0.271 e. The van der Waals surface area contributed by atoms with Gasteiger partial charge < -0.3 is 10.1 Å². The molecule has 0 saturated heterocycles. The van der Waals surface area contributed by atoms with E-state index in [2.05, 4.69) is 23.4 Å². The fraction of sp³-hybridized carbons (Fsp3) is 0.444. The van der Waals surface area contributed by atoms with Crippen molar-refractivity contribution in [2.45, 2.75) is 39.8 Å². The van der Waals surface area contributed by atoms with Crippen molar-refractivity contribution < 1.29 is 9.53 Å². The van der Waals surface area contributed by atoms with Gasteiger partial charge in [0.15, 0.2) is 6.73 Å². The molecule has 1 aromatic carbocycles. The maximum Gasteiger partial charge on any atom is 0.271 e. The second-order valence-electron chi connectivity index (χ2n) is 6.29. The van der Waals surface area contributed by atoms with E-state index < -0.39 is 0 Å². The molecule has 1 aliphatic carbocycles. The Morgan fingerprint density at radius 3 is 2.87 bits per heavy atom. The zero-order valence-electron chi connectivity index (χ0n) is 13.7. The molecule has 2 aromatic rings. The van der Waals surface area contributed by atoms with Gasteiger partial charge in [0, 0.05) is 12.7 Å². The van der Waals surface area contributed by atoms with Gasteiger partial charge in [-0.3, -0.25) is 4.79 Å². The number of ether oxygens (including phenoxy) is 1. The van der Waals surface area contributed by atoms with Crippen LogP contribution in [0, 0.1) is 19.8 Å². The second kappa shape index (κ2) is 6.86. The maximum atomic E-state index is 12.0. The van der Waals surface area contributed by atoms with E-state index in [0.717, 1.165) is 17.9 Å². The molecular weight excluding hydrogens is 290 g/mol. The van der Waals surface area contributed by atoms with Crippen molar-refractivity contribution in [3.63, 3.8) is 0 Å². The Labute approximate surface area is 136 Å². The molecule has 0 radical (unpaired) electrons. The lowest BCUT2D eigenvalue weighted by Crippen LogP contribution is -2.32. The summed E-state index contributed by atoms with van der Waals surface area (Å²) >= 11 is 0. The molecule has 5 nitrogen and oxygen atoms in total. The number of hydrogen-bond donors (Lipinski definition) is 1. The number of amides is 1. The summed E-state index contributed by atoms with van der Waals surface area (Å²) < 4.78 is 7.40. The van der Waals surface area contributed by atoms with E-state index >= 15 is 0 Å². The molecule has 1 fully saturated rings. The highest BCUT2D eigenvalue weighted by Crippen LogP contribution is 2.25. The normalized spacial score (nSPS) is 14.3. The number of nitrogens with one attached hydrogen (secondary N) is 1. The molecule has 1 N–H and O–H groups in total. The van der Waals surface area contributed by atoms with Gasteiger partial charge >= 0.3 is 0 Å². The van der Waals surface area contributed by atoms with Crippen molar-refractivity contribution in [3.8, 4) is 5.75 Å². The van der Waals surface area contributed by atoms with E-state index in [1.165, 1.54) is 24.8 Å². The minimum atomic E-state index is -0.109. The van der Waals surface area contributed by atoms with Crippen LogP contribution in [0.25, 0.3) is 0 Å². The van der Waals surface area contributed by atoms with E-state index in [-0.39, 0.29) is 5.91 Å². The van der Waals surface area contributed by atoms with Crippen LogP contribution in [0.4, 0.5) is 0 Å². The fourth-order valence-electron chi connectivity index (χ4n) is 2.68. The van der Waals surface area contributed by atoms with E-state index in [9.17, 15) is 4.79 Å². The van der Waals surface area contributed by atoms with Crippen LogP contribution in [0.2, 0.25) is 0 Å². The van der Waals surface area contributed by atoms with Gasteiger partial charge in [-0.1, -0.05) is 24.1 Å². The number of rotatable bonds is 6. The van der Waals surface area contributed by atoms with E-state index in [0.29, 0.717) is 18.3 Å². The molecule has 0 spiro atoms. The number of nitrogens with zero attached hydrogens (tertiary/aromatic N) is 2. The standard InChI is InChI=1S/C18H23N3O2/c1-13-6-7-17(14(2)10-13)23-12-21-9-8-16(20-21)18(22)19-11-15-4-3-5-15/h6-10,15H,3-5,11-12H2,1-2H3,(H,19,22). The average molecular weight is 313 g/mol. The van der Waals surface area contributed by atoms with Gasteiger partial charge in [-0.25, -0.2) is 4.68 Å². The van der Waals surface area contributed by atoms with Gasteiger partial charge in [-0.15, -0.1) is 0 Å². The zero-order valence-corrected chi connectivity index (χ0v) is 13.7. The van der Waals surface area contributed by atoms with Crippen molar-refractivity contribution in [1.82, 2.24) is 15.1 Å². The van der Waals surface area contributed by atoms with Crippen LogP contribution in [0.5, 0.6) is 5.75 Å². The van der Waals surface area contributed by atoms with E-state index in [1.54, 1.807) is 16.9 Å². The highest BCUT2D eigenvalue weighted by Gasteiger charge is 2.19. The summed E-state index contributed by atoms with van der Waals surface area (Å²) in [5, 5.41) is 7.22. The molecule has 1 heterocycles. The molecule has 0 unspecified atom stereocenters. The van der Waals surface area contributed by atoms with Crippen LogP contribution in [0.1, 0.15) is 40.9 Å². The Morgan fingerprint density at radius 2 is 2.17 bits per heavy atom. The summed E-state index contributed by atoms with van der Waals surface area (Å²) in [6.07, 6.45) is 5.49. The minimum Gasteiger partial charge on any atom is -0.471 e. The monoisotopic (exact) mass is 313 g/mol. The van der Waals surface area contributed by atoms with Gasteiger partial charge in [-0.2, -0.15) is 5.10 Å². The fourth-order valence-corrected chi connectivity index (χ4v) is 2.68. The molecule has 23 heavy (non-hydrogen) atoms. The highest BCUT2D eigenvalue weighted by atomic mass is 16.5. The molecule has 0 atom stereocenters. The van der Waals surface area contributed by atoms with E-state index in [4.69, 9.17) is 4.74 Å². The van der Waals surface area contributed by atoms with Crippen LogP contribution < -0.4 is 10.1 Å². The Balaban J connectivity index is 1.53. The number of aromatic nitrogens is 2. The Bertz CT molecular complexity index is 689. The Hall–Kier alpha value is -2.30. The van der Waals surface area contributed by atoms with Crippen LogP contribution in [0.3, 0.4) is 0 Å². The number of carbonyl (C=O) groups excluding carboxylic acids is 1. The summed E-state index contributed by atoms with van der Waals surface area (Å²) in [6, 6.07) is 7.78. The summed E-state index contributed by atoms with van der Waals surface area (Å²) in [5.41, 5.74) is 2.74. The van der Waals surface area contributed by atoms with Crippen LogP contribution in [-0.2, 0) is 6.73 Å². The van der Waals surface area contributed by atoms with Gasteiger partial charge in [0.2, 0.25) is 0 Å². The SMILES string of the molecule is Cc1ccc(OCn2ccc(C(=O)NCC3CCC3)n2)c(C)c1. The summed E-state index contributed by atoms with van der Waals surface area (Å²) in [5.74, 6) is 1.37. The highest BCUT2D eigenvalue weighted by molar-refractivity contribution is 5.92. The van der Waals surface area contributed by atoms with Crippen molar-refractivity contribution >= 4 is 5.91 Å². The summed E-state index contributed by atoms with van der Waals surface area (Å²) in [6.45, 7) is 5.12. The number of aryl methyl sites for hydroxylation is 2. The predicted molar refractivity (Wildman–Crippen MR) is 88.4 cm³/mol. The molecule has 3 rings (SSSR count). The van der Waals surface area contributed by atoms with Crippen molar-refractivity contribution in [1.29, 1.82) is 0 Å². The molecule has 0 aliphatic heterocycles. The van der Waals surface area contributed by atoms with Gasteiger partial charge in [0.05, 0.1) is 0 Å². The topological polar surface area (TPSA) is 56.1 Å². The first-order chi connectivity index (χ1) is 11.1.